The standard InChI is InChI=1S/C22H25N5O3/c1-14-6-5-7-18(15(14)2)26-10-12-27(13-11-26)21(29)17-9-8-16-19(23-17)24(3)22(30)25(4)20(16)28/h5-9H,10-13H2,1-4H3. The molecule has 8 nitrogen and oxygen atoms in total. The molecule has 4 rings (SSSR count). The molecule has 1 fully saturated rings. The zero-order valence-electron chi connectivity index (χ0n) is 17.7. The zero-order valence-corrected chi connectivity index (χ0v) is 17.7. The number of amides is 1. The van der Waals surface area contributed by atoms with Crippen LogP contribution in [0.5, 0.6) is 0 Å². The summed E-state index contributed by atoms with van der Waals surface area (Å²) in [5, 5.41) is 0.316. The van der Waals surface area contributed by atoms with Crippen LogP contribution in [0.4, 0.5) is 5.69 Å². The Kier molecular flexibility index (Phi) is 4.93. The van der Waals surface area contributed by atoms with E-state index in [1.54, 1.807) is 24.1 Å². The minimum atomic E-state index is -0.466. The molecule has 0 spiro atoms. The van der Waals surface area contributed by atoms with Crippen LogP contribution in [-0.2, 0) is 14.1 Å². The fourth-order valence-electron chi connectivity index (χ4n) is 3.96. The quantitative estimate of drug-likeness (QED) is 0.638. The molecule has 156 valence electrons. The van der Waals surface area contributed by atoms with E-state index in [2.05, 4.69) is 41.9 Å². The summed E-state index contributed by atoms with van der Waals surface area (Å²) in [6.45, 7) is 6.87. The smallest absolute Gasteiger partial charge is 0.332 e. The molecule has 1 aliphatic rings. The third-order valence-electron chi connectivity index (χ3n) is 6.00. The van der Waals surface area contributed by atoms with E-state index in [0.717, 1.165) is 17.7 Å². The molecule has 1 aromatic carbocycles. The molecule has 3 aromatic rings. The first-order chi connectivity index (χ1) is 14.3. The van der Waals surface area contributed by atoms with Crippen LogP contribution in [0.25, 0.3) is 11.0 Å². The van der Waals surface area contributed by atoms with Crippen molar-refractivity contribution in [3.05, 3.63) is 68.0 Å². The number of nitrogens with zero attached hydrogens (tertiary/aromatic N) is 5. The number of fused-ring (bicyclic) bond motifs is 1. The number of carbonyl (C=O) groups is 1. The highest BCUT2D eigenvalue weighted by Crippen LogP contribution is 2.24. The molecule has 0 radical (unpaired) electrons. The second kappa shape index (κ2) is 7.44. The van der Waals surface area contributed by atoms with E-state index in [1.165, 1.54) is 28.4 Å². The summed E-state index contributed by atoms with van der Waals surface area (Å²) in [6, 6.07) is 9.41. The highest BCUT2D eigenvalue weighted by atomic mass is 16.2. The van der Waals surface area contributed by atoms with Crippen molar-refractivity contribution in [2.45, 2.75) is 13.8 Å². The Labute approximate surface area is 174 Å². The number of carbonyl (C=O) groups excluding carboxylic acids is 1. The molecule has 1 amide bonds. The fraction of sp³-hybridized carbons (Fsp3) is 0.364. The SMILES string of the molecule is Cc1cccc(N2CCN(C(=O)c3ccc4c(=O)n(C)c(=O)n(C)c4n3)CC2)c1C. The van der Waals surface area contributed by atoms with Crippen molar-refractivity contribution in [2.24, 2.45) is 14.1 Å². The number of pyridine rings is 1. The number of rotatable bonds is 2. The van der Waals surface area contributed by atoms with Crippen LogP contribution in [0, 0.1) is 13.8 Å². The molecular formula is C22H25N5O3. The van der Waals surface area contributed by atoms with Crippen LogP contribution in [0.1, 0.15) is 21.6 Å². The summed E-state index contributed by atoms with van der Waals surface area (Å²) < 4.78 is 2.34. The molecule has 1 saturated heterocycles. The van der Waals surface area contributed by atoms with Gasteiger partial charge in [-0.2, -0.15) is 0 Å². The largest absolute Gasteiger partial charge is 0.368 e. The number of hydrogen-bond donors (Lipinski definition) is 0. The Morgan fingerprint density at radius 2 is 1.63 bits per heavy atom. The van der Waals surface area contributed by atoms with Crippen LogP contribution in [0.2, 0.25) is 0 Å². The maximum atomic E-state index is 13.0. The summed E-state index contributed by atoms with van der Waals surface area (Å²) in [5.41, 5.74) is 3.30. The minimum absolute atomic E-state index is 0.189. The molecule has 0 unspecified atom stereocenters. The highest BCUT2D eigenvalue weighted by molar-refractivity contribution is 5.94. The van der Waals surface area contributed by atoms with Gasteiger partial charge in [0.25, 0.3) is 11.5 Å². The topological polar surface area (TPSA) is 80.4 Å². The molecule has 2 aromatic heterocycles. The molecule has 0 atom stereocenters. The van der Waals surface area contributed by atoms with Gasteiger partial charge in [-0.25, -0.2) is 9.78 Å². The van der Waals surface area contributed by atoms with Crippen molar-refractivity contribution < 1.29 is 4.79 Å². The Bertz CT molecular complexity index is 1270. The monoisotopic (exact) mass is 407 g/mol. The Balaban J connectivity index is 1.57. The van der Waals surface area contributed by atoms with Gasteiger partial charge in [0.2, 0.25) is 0 Å². The fourth-order valence-corrected chi connectivity index (χ4v) is 3.96. The van der Waals surface area contributed by atoms with Gasteiger partial charge in [-0.1, -0.05) is 12.1 Å². The summed E-state index contributed by atoms with van der Waals surface area (Å²) in [5.74, 6) is -0.189. The number of anilines is 1. The van der Waals surface area contributed by atoms with Crippen molar-refractivity contribution >= 4 is 22.6 Å². The molecule has 30 heavy (non-hydrogen) atoms. The Morgan fingerprint density at radius 3 is 2.33 bits per heavy atom. The Morgan fingerprint density at radius 1 is 0.933 bits per heavy atom. The van der Waals surface area contributed by atoms with Crippen LogP contribution in [0.3, 0.4) is 0 Å². The number of piperazine rings is 1. The summed E-state index contributed by atoms with van der Waals surface area (Å²) in [7, 11) is 2.98. The van der Waals surface area contributed by atoms with Crippen molar-refractivity contribution in [3.8, 4) is 0 Å². The molecule has 8 heteroatoms. The van der Waals surface area contributed by atoms with Gasteiger partial charge in [-0.05, 0) is 43.2 Å². The van der Waals surface area contributed by atoms with Crippen molar-refractivity contribution in [1.82, 2.24) is 19.0 Å². The van der Waals surface area contributed by atoms with Gasteiger partial charge < -0.3 is 9.80 Å². The average molecular weight is 407 g/mol. The van der Waals surface area contributed by atoms with Crippen LogP contribution >= 0.6 is 0 Å². The second-order valence-corrected chi connectivity index (χ2v) is 7.77. The van der Waals surface area contributed by atoms with Crippen molar-refractivity contribution in [2.75, 3.05) is 31.1 Å². The van der Waals surface area contributed by atoms with Crippen LogP contribution < -0.4 is 16.1 Å². The van der Waals surface area contributed by atoms with E-state index >= 15 is 0 Å². The predicted octanol–water partition coefficient (Wildman–Crippen LogP) is 1.21. The summed E-state index contributed by atoms with van der Waals surface area (Å²) in [6.07, 6.45) is 0. The molecule has 1 aliphatic heterocycles. The van der Waals surface area contributed by atoms with Gasteiger partial charge >= 0.3 is 5.69 Å². The van der Waals surface area contributed by atoms with E-state index in [1.807, 2.05) is 0 Å². The molecule has 0 aliphatic carbocycles. The lowest BCUT2D eigenvalue weighted by Crippen LogP contribution is -2.49. The lowest BCUT2D eigenvalue weighted by molar-refractivity contribution is 0.0741. The van der Waals surface area contributed by atoms with E-state index in [4.69, 9.17) is 0 Å². The van der Waals surface area contributed by atoms with Crippen molar-refractivity contribution in [3.63, 3.8) is 0 Å². The van der Waals surface area contributed by atoms with E-state index in [0.29, 0.717) is 18.5 Å². The normalized spacial score (nSPS) is 14.4. The van der Waals surface area contributed by atoms with Crippen LogP contribution in [-0.4, -0.2) is 51.1 Å². The Hall–Kier alpha value is -3.42. The molecule has 0 bridgehead atoms. The predicted molar refractivity (Wildman–Crippen MR) is 116 cm³/mol. The number of aryl methyl sites for hydroxylation is 2. The summed E-state index contributed by atoms with van der Waals surface area (Å²) in [4.78, 5) is 46.0. The number of hydrogen-bond acceptors (Lipinski definition) is 5. The van der Waals surface area contributed by atoms with E-state index in [9.17, 15) is 14.4 Å². The average Bonchev–Trinajstić information content (AvgIpc) is 2.77. The lowest BCUT2D eigenvalue weighted by atomic mass is 10.1. The minimum Gasteiger partial charge on any atom is -0.368 e. The van der Waals surface area contributed by atoms with Gasteiger partial charge in [-0.15, -0.1) is 0 Å². The van der Waals surface area contributed by atoms with Crippen LogP contribution in [0.15, 0.2) is 39.9 Å². The van der Waals surface area contributed by atoms with Gasteiger partial charge in [0.1, 0.15) is 11.3 Å². The van der Waals surface area contributed by atoms with E-state index in [-0.39, 0.29) is 17.2 Å². The van der Waals surface area contributed by atoms with E-state index < -0.39 is 11.2 Å². The second-order valence-electron chi connectivity index (χ2n) is 7.77. The molecule has 0 N–H and O–H groups in total. The molecular weight excluding hydrogens is 382 g/mol. The van der Waals surface area contributed by atoms with Gasteiger partial charge in [0, 0.05) is 46.0 Å². The third-order valence-corrected chi connectivity index (χ3v) is 6.00. The third kappa shape index (κ3) is 3.18. The van der Waals surface area contributed by atoms with Gasteiger partial charge in [0.05, 0.1) is 5.39 Å². The number of benzene rings is 1. The van der Waals surface area contributed by atoms with Gasteiger partial charge in [0.15, 0.2) is 0 Å². The lowest BCUT2D eigenvalue weighted by Gasteiger charge is -2.37. The zero-order chi connectivity index (χ0) is 21.6. The summed E-state index contributed by atoms with van der Waals surface area (Å²) >= 11 is 0. The first-order valence-electron chi connectivity index (χ1n) is 9.97. The molecule has 0 saturated carbocycles. The maximum absolute atomic E-state index is 13.0. The first-order valence-corrected chi connectivity index (χ1v) is 9.97. The van der Waals surface area contributed by atoms with Crippen molar-refractivity contribution in [1.29, 1.82) is 0 Å². The molecule has 3 heterocycles. The number of aromatic nitrogens is 3. The highest BCUT2D eigenvalue weighted by Gasteiger charge is 2.24. The first kappa shape index (κ1) is 19.9. The van der Waals surface area contributed by atoms with Gasteiger partial charge in [-0.3, -0.25) is 18.7 Å². The maximum Gasteiger partial charge on any atom is 0.332 e.